The van der Waals surface area contributed by atoms with Gasteiger partial charge in [0, 0.05) is 35.8 Å². The Labute approximate surface area is 122 Å². The molecule has 0 spiro atoms. The van der Waals surface area contributed by atoms with Crippen LogP contribution >= 0.6 is 22.9 Å². The second-order valence-electron chi connectivity index (χ2n) is 5.01. The van der Waals surface area contributed by atoms with Crippen LogP contribution in [0.4, 0.5) is 0 Å². The molecule has 1 aliphatic rings. The number of imidazole rings is 1. The van der Waals surface area contributed by atoms with Crippen LogP contribution in [-0.4, -0.2) is 22.6 Å². The van der Waals surface area contributed by atoms with Crippen molar-refractivity contribution >= 4 is 22.9 Å². The molecule has 2 aromatic heterocycles. The van der Waals surface area contributed by atoms with Gasteiger partial charge in [0.25, 0.3) is 0 Å². The van der Waals surface area contributed by atoms with Gasteiger partial charge in [-0.2, -0.15) is 0 Å². The van der Waals surface area contributed by atoms with Crippen molar-refractivity contribution in [2.24, 2.45) is 0 Å². The van der Waals surface area contributed by atoms with E-state index in [1.165, 1.54) is 23.4 Å². The van der Waals surface area contributed by atoms with E-state index in [1.54, 1.807) is 11.3 Å². The average molecular weight is 296 g/mol. The van der Waals surface area contributed by atoms with Crippen LogP contribution < -0.4 is 5.32 Å². The molecule has 1 aliphatic heterocycles. The number of halogens is 1. The molecule has 1 fully saturated rings. The van der Waals surface area contributed by atoms with Crippen molar-refractivity contribution in [3.63, 3.8) is 0 Å². The van der Waals surface area contributed by atoms with E-state index in [-0.39, 0.29) is 0 Å². The minimum absolute atomic E-state index is 0.614. The maximum Gasteiger partial charge on any atom is 0.0948 e. The standard InChI is InChI=1S/C14H18ClN3S/c15-14-4-3-12(19-14)5-7-18-10-17-9-13(18)11-2-1-6-16-8-11/h3-4,9-11,16H,1-2,5-8H2. The minimum Gasteiger partial charge on any atom is -0.334 e. The first kappa shape index (κ1) is 13.2. The van der Waals surface area contributed by atoms with Gasteiger partial charge >= 0.3 is 0 Å². The molecule has 19 heavy (non-hydrogen) atoms. The normalized spacial score (nSPS) is 19.7. The van der Waals surface area contributed by atoms with Gasteiger partial charge in [-0.3, -0.25) is 0 Å². The number of aryl methyl sites for hydroxylation is 2. The highest BCUT2D eigenvalue weighted by molar-refractivity contribution is 7.16. The monoisotopic (exact) mass is 295 g/mol. The molecule has 1 atom stereocenters. The molecule has 0 bridgehead atoms. The Morgan fingerprint density at radius 1 is 1.47 bits per heavy atom. The maximum absolute atomic E-state index is 5.97. The molecule has 1 unspecified atom stereocenters. The summed E-state index contributed by atoms with van der Waals surface area (Å²) in [6.45, 7) is 3.22. The van der Waals surface area contributed by atoms with Crippen LogP contribution in [0, 0.1) is 0 Å². The topological polar surface area (TPSA) is 29.9 Å². The molecule has 0 aromatic carbocycles. The number of aromatic nitrogens is 2. The lowest BCUT2D eigenvalue weighted by Crippen LogP contribution is -2.29. The molecule has 1 saturated heterocycles. The Hall–Kier alpha value is -0.840. The lowest BCUT2D eigenvalue weighted by molar-refractivity contribution is 0.440. The predicted molar refractivity (Wildman–Crippen MR) is 80.1 cm³/mol. The fourth-order valence-corrected chi connectivity index (χ4v) is 3.76. The summed E-state index contributed by atoms with van der Waals surface area (Å²) in [5, 5.41) is 3.47. The molecule has 3 heterocycles. The third kappa shape index (κ3) is 3.19. The van der Waals surface area contributed by atoms with Gasteiger partial charge in [0.15, 0.2) is 0 Å². The van der Waals surface area contributed by atoms with Crippen molar-refractivity contribution in [3.8, 4) is 0 Å². The molecule has 0 saturated carbocycles. The highest BCUT2D eigenvalue weighted by Gasteiger charge is 2.18. The van der Waals surface area contributed by atoms with E-state index in [9.17, 15) is 0 Å². The molecular weight excluding hydrogens is 278 g/mol. The maximum atomic E-state index is 5.97. The number of nitrogens with one attached hydrogen (secondary N) is 1. The Bertz CT molecular complexity index is 528. The molecule has 0 aliphatic carbocycles. The van der Waals surface area contributed by atoms with Crippen LogP contribution in [0.3, 0.4) is 0 Å². The van der Waals surface area contributed by atoms with Gasteiger partial charge in [0.05, 0.1) is 10.7 Å². The van der Waals surface area contributed by atoms with Crippen molar-refractivity contribution in [2.75, 3.05) is 13.1 Å². The lowest BCUT2D eigenvalue weighted by atomic mass is 9.96. The second kappa shape index (κ2) is 6.07. The zero-order valence-electron chi connectivity index (χ0n) is 10.8. The van der Waals surface area contributed by atoms with E-state index >= 15 is 0 Å². The summed E-state index contributed by atoms with van der Waals surface area (Å²) in [6, 6.07) is 4.09. The SMILES string of the molecule is Clc1ccc(CCn2cncc2C2CCCNC2)s1. The lowest BCUT2D eigenvalue weighted by Gasteiger charge is -2.23. The first-order chi connectivity index (χ1) is 9.33. The molecule has 1 N–H and O–H groups in total. The highest BCUT2D eigenvalue weighted by Crippen LogP contribution is 2.25. The zero-order chi connectivity index (χ0) is 13.1. The highest BCUT2D eigenvalue weighted by atomic mass is 35.5. The van der Waals surface area contributed by atoms with Crippen LogP contribution in [0.1, 0.15) is 29.3 Å². The molecule has 3 rings (SSSR count). The van der Waals surface area contributed by atoms with E-state index < -0.39 is 0 Å². The van der Waals surface area contributed by atoms with Gasteiger partial charge in [-0.05, 0) is 37.9 Å². The third-order valence-electron chi connectivity index (χ3n) is 3.69. The van der Waals surface area contributed by atoms with E-state index in [2.05, 4.69) is 20.9 Å². The molecule has 5 heteroatoms. The largest absolute Gasteiger partial charge is 0.334 e. The van der Waals surface area contributed by atoms with Gasteiger partial charge in [-0.25, -0.2) is 4.98 Å². The van der Waals surface area contributed by atoms with Crippen LogP contribution in [-0.2, 0) is 13.0 Å². The number of hydrogen-bond acceptors (Lipinski definition) is 3. The molecule has 3 nitrogen and oxygen atoms in total. The van der Waals surface area contributed by atoms with Gasteiger partial charge in [0.2, 0.25) is 0 Å². The fourth-order valence-electron chi connectivity index (χ4n) is 2.68. The quantitative estimate of drug-likeness (QED) is 0.938. The second-order valence-corrected chi connectivity index (χ2v) is 6.81. The van der Waals surface area contributed by atoms with Crippen LogP contribution in [0.25, 0.3) is 0 Å². The summed E-state index contributed by atoms with van der Waals surface area (Å²) >= 11 is 7.64. The molecule has 2 aromatic rings. The Balaban J connectivity index is 1.66. The molecule has 0 radical (unpaired) electrons. The number of hydrogen-bond donors (Lipinski definition) is 1. The Kier molecular flexibility index (Phi) is 4.21. The zero-order valence-corrected chi connectivity index (χ0v) is 12.4. The Morgan fingerprint density at radius 3 is 3.16 bits per heavy atom. The summed E-state index contributed by atoms with van der Waals surface area (Å²) in [5.74, 6) is 0.614. The van der Waals surface area contributed by atoms with Gasteiger partial charge in [-0.1, -0.05) is 11.6 Å². The van der Waals surface area contributed by atoms with Gasteiger partial charge < -0.3 is 9.88 Å². The summed E-state index contributed by atoms with van der Waals surface area (Å²) in [6.07, 6.45) is 7.54. The fraction of sp³-hybridized carbons (Fsp3) is 0.500. The molecule has 102 valence electrons. The molecule has 0 amide bonds. The van der Waals surface area contributed by atoms with E-state index in [0.717, 1.165) is 30.4 Å². The summed E-state index contributed by atoms with van der Waals surface area (Å²) in [7, 11) is 0. The van der Waals surface area contributed by atoms with Crippen molar-refractivity contribution < 1.29 is 0 Å². The molecular formula is C14H18ClN3S. The third-order valence-corrected chi connectivity index (χ3v) is 4.98. The van der Waals surface area contributed by atoms with Crippen molar-refractivity contribution in [1.82, 2.24) is 14.9 Å². The van der Waals surface area contributed by atoms with Crippen molar-refractivity contribution in [1.29, 1.82) is 0 Å². The van der Waals surface area contributed by atoms with Crippen molar-refractivity contribution in [3.05, 3.63) is 39.6 Å². The summed E-state index contributed by atoms with van der Waals surface area (Å²) < 4.78 is 3.17. The Morgan fingerprint density at radius 2 is 2.42 bits per heavy atom. The minimum atomic E-state index is 0.614. The summed E-state index contributed by atoms with van der Waals surface area (Å²) in [4.78, 5) is 5.67. The first-order valence-corrected chi connectivity index (χ1v) is 7.97. The number of rotatable bonds is 4. The van der Waals surface area contributed by atoms with Crippen LogP contribution in [0.5, 0.6) is 0 Å². The first-order valence-electron chi connectivity index (χ1n) is 6.78. The number of thiophene rings is 1. The van der Waals surface area contributed by atoms with Crippen molar-refractivity contribution in [2.45, 2.75) is 31.7 Å². The van der Waals surface area contributed by atoms with Gasteiger partial charge in [-0.15, -0.1) is 11.3 Å². The van der Waals surface area contributed by atoms with Gasteiger partial charge in [0.1, 0.15) is 0 Å². The van der Waals surface area contributed by atoms with Crippen LogP contribution in [0.15, 0.2) is 24.7 Å². The summed E-state index contributed by atoms with van der Waals surface area (Å²) in [5.41, 5.74) is 1.37. The van der Waals surface area contributed by atoms with E-state index in [4.69, 9.17) is 11.6 Å². The van der Waals surface area contributed by atoms with E-state index in [0.29, 0.717) is 5.92 Å². The van der Waals surface area contributed by atoms with Crippen LogP contribution in [0.2, 0.25) is 4.34 Å². The van der Waals surface area contributed by atoms with E-state index in [1.807, 2.05) is 18.6 Å². The number of piperidine rings is 1. The number of nitrogens with zero attached hydrogens (tertiary/aromatic N) is 2. The smallest absolute Gasteiger partial charge is 0.0948 e. The predicted octanol–water partition coefficient (Wildman–Crippen LogP) is 3.31. The average Bonchev–Trinajstić information content (AvgIpc) is 3.06.